The fraction of sp³-hybridized carbons (Fsp3) is 0.667. The first-order valence-corrected chi connectivity index (χ1v) is 8.70. The van der Waals surface area contributed by atoms with Gasteiger partial charge in [0.25, 0.3) is 0 Å². The van der Waals surface area contributed by atoms with E-state index in [1.54, 1.807) is 0 Å². The molecule has 0 aliphatic carbocycles. The number of rotatable bonds is 5. The van der Waals surface area contributed by atoms with E-state index in [0.717, 1.165) is 12.0 Å². The fourth-order valence-corrected chi connectivity index (χ4v) is 2.28. The van der Waals surface area contributed by atoms with Crippen LogP contribution in [0.15, 0.2) is 18.2 Å². The van der Waals surface area contributed by atoms with Crippen LogP contribution in [-0.4, -0.2) is 5.97 Å². The molecule has 130 valence electrons. The van der Waals surface area contributed by atoms with E-state index in [1.807, 2.05) is 0 Å². The van der Waals surface area contributed by atoms with Crippen molar-refractivity contribution in [2.45, 2.75) is 85.7 Å². The van der Waals surface area contributed by atoms with E-state index in [2.05, 4.69) is 73.6 Å². The number of ether oxygens (including phenoxy) is 1. The molecule has 0 saturated carbocycles. The molecule has 0 saturated heterocycles. The van der Waals surface area contributed by atoms with Gasteiger partial charge in [0, 0.05) is 6.42 Å². The maximum Gasteiger partial charge on any atom is 0.306 e. The summed E-state index contributed by atoms with van der Waals surface area (Å²) in [5.41, 5.74) is 3.83. The first-order chi connectivity index (χ1) is 10.4. The minimum absolute atomic E-state index is 0.0810. The Kier molecular flexibility index (Phi) is 6.44. The second-order valence-corrected chi connectivity index (χ2v) is 9.01. The van der Waals surface area contributed by atoms with Gasteiger partial charge in [0.2, 0.25) is 0 Å². The van der Waals surface area contributed by atoms with Crippen molar-refractivity contribution in [1.82, 2.24) is 0 Å². The van der Waals surface area contributed by atoms with Crippen LogP contribution in [0.4, 0.5) is 0 Å². The van der Waals surface area contributed by atoms with E-state index in [1.165, 1.54) is 11.1 Å². The van der Waals surface area contributed by atoms with Gasteiger partial charge in [-0.2, -0.15) is 0 Å². The molecule has 0 aliphatic rings. The number of hydrogen-bond acceptors (Lipinski definition) is 2. The van der Waals surface area contributed by atoms with E-state index in [4.69, 9.17) is 4.74 Å². The van der Waals surface area contributed by atoms with Gasteiger partial charge in [-0.3, -0.25) is 4.79 Å². The summed E-state index contributed by atoms with van der Waals surface area (Å²) in [5, 5.41) is 0. The molecule has 0 fully saturated rings. The van der Waals surface area contributed by atoms with Crippen molar-refractivity contribution < 1.29 is 9.53 Å². The topological polar surface area (TPSA) is 26.3 Å². The van der Waals surface area contributed by atoms with Gasteiger partial charge < -0.3 is 4.74 Å². The number of benzene rings is 1. The summed E-state index contributed by atoms with van der Waals surface area (Å²) >= 11 is 0. The van der Waals surface area contributed by atoms with Gasteiger partial charge >= 0.3 is 5.97 Å². The molecule has 0 unspecified atom stereocenters. The molecule has 0 heterocycles. The zero-order valence-corrected chi connectivity index (χ0v) is 16.2. The van der Waals surface area contributed by atoms with Crippen LogP contribution in [0.2, 0.25) is 0 Å². The van der Waals surface area contributed by atoms with Gasteiger partial charge in [-0.1, -0.05) is 73.6 Å². The summed E-state index contributed by atoms with van der Waals surface area (Å²) in [6, 6.07) is 6.63. The molecule has 0 spiro atoms. The molecule has 1 aromatic carbocycles. The molecular weight excluding hydrogens is 284 g/mol. The summed E-state index contributed by atoms with van der Waals surface area (Å²) in [4.78, 5) is 11.9. The Bertz CT molecular complexity index is 496. The van der Waals surface area contributed by atoms with Crippen molar-refractivity contribution in [3.8, 4) is 0 Å². The third-order valence-electron chi connectivity index (χ3n) is 4.05. The second kappa shape index (κ2) is 7.51. The van der Waals surface area contributed by atoms with Gasteiger partial charge in [-0.25, -0.2) is 0 Å². The Labute approximate surface area is 142 Å². The van der Waals surface area contributed by atoms with Gasteiger partial charge in [0.05, 0.1) is 0 Å². The summed E-state index contributed by atoms with van der Waals surface area (Å²) in [6.45, 7) is 17.9. The highest BCUT2D eigenvalue weighted by Gasteiger charge is 2.20. The van der Waals surface area contributed by atoms with Crippen LogP contribution in [0.5, 0.6) is 0 Å². The molecule has 2 nitrogen and oxygen atoms in total. The van der Waals surface area contributed by atoms with Crippen molar-refractivity contribution in [3.63, 3.8) is 0 Å². The molecule has 0 N–H and O–H groups in total. The first kappa shape index (κ1) is 19.7. The van der Waals surface area contributed by atoms with Crippen LogP contribution in [0, 0.1) is 5.92 Å². The summed E-state index contributed by atoms with van der Waals surface area (Å²) in [7, 11) is 0. The zero-order valence-electron chi connectivity index (χ0n) is 16.2. The highest BCUT2D eigenvalue weighted by atomic mass is 16.5. The summed E-state index contributed by atoms with van der Waals surface area (Å²) in [6.07, 6.45) is 1.39. The highest BCUT2D eigenvalue weighted by molar-refractivity contribution is 5.69. The molecule has 0 atom stereocenters. The van der Waals surface area contributed by atoms with Crippen LogP contribution in [0.25, 0.3) is 0 Å². The lowest BCUT2D eigenvalue weighted by Crippen LogP contribution is -2.17. The number of carbonyl (C=O) groups excluding carboxylic acids is 1. The average Bonchev–Trinajstić information content (AvgIpc) is 2.40. The standard InChI is InChI=1S/C21H34O2/c1-15(2)9-10-19(22)23-14-16-11-17(20(3,4)5)13-18(12-16)21(6,7)8/h11-13,15H,9-10,14H2,1-8H3. The van der Waals surface area contributed by atoms with E-state index in [-0.39, 0.29) is 16.8 Å². The van der Waals surface area contributed by atoms with Gasteiger partial charge in [0.15, 0.2) is 0 Å². The molecule has 0 radical (unpaired) electrons. The second-order valence-electron chi connectivity index (χ2n) is 9.01. The highest BCUT2D eigenvalue weighted by Crippen LogP contribution is 2.30. The van der Waals surface area contributed by atoms with Crippen molar-refractivity contribution in [2.24, 2.45) is 5.92 Å². The maximum atomic E-state index is 11.9. The third kappa shape index (κ3) is 6.76. The number of hydrogen-bond donors (Lipinski definition) is 0. The zero-order chi connectivity index (χ0) is 17.8. The maximum absolute atomic E-state index is 11.9. The normalized spacial score (nSPS) is 12.6. The molecule has 23 heavy (non-hydrogen) atoms. The Hall–Kier alpha value is -1.31. The minimum Gasteiger partial charge on any atom is -0.461 e. The lowest BCUT2D eigenvalue weighted by molar-refractivity contribution is -0.145. The SMILES string of the molecule is CC(C)CCC(=O)OCc1cc(C(C)(C)C)cc(C(C)(C)C)c1. The van der Waals surface area contributed by atoms with Crippen molar-refractivity contribution in [2.75, 3.05) is 0 Å². The van der Waals surface area contributed by atoms with Crippen LogP contribution < -0.4 is 0 Å². The van der Waals surface area contributed by atoms with Gasteiger partial charge in [-0.15, -0.1) is 0 Å². The van der Waals surface area contributed by atoms with Gasteiger partial charge in [-0.05, 0) is 39.9 Å². The van der Waals surface area contributed by atoms with Gasteiger partial charge in [0.1, 0.15) is 6.61 Å². The largest absolute Gasteiger partial charge is 0.461 e. The molecule has 2 heteroatoms. The smallest absolute Gasteiger partial charge is 0.306 e. The molecule has 1 rings (SSSR count). The number of esters is 1. The Morgan fingerprint density at radius 2 is 1.43 bits per heavy atom. The predicted octanol–water partition coefficient (Wildman–Crippen LogP) is 5.76. The average molecular weight is 319 g/mol. The van der Waals surface area contributed by atoms with E-state index in [9.17, 15) is 4.79 Å². The number of carbonyl (C=O) groups is 1. The van der Waals surface area contributed by atoms with Crippen molar-refractivity contribution >= 4 is 5.97 Å². The van der Waals surface area contributed by atoms with Crippen molar-refractivity contribution in [3.05, 3.63) is 34.9 Å². The Balaban J connectivity index is 2.91. The predicted molar refractivity (Wildman–Crippen MR) is 97.7 cm³/mol. The minimum atomic E-state index is -0.0998. The fourth-order valence-electron chi connectivity index (χ4n) is 2.28. The summed E-state index contributed by atoms with van der Waals surface area (Å²) in [5.74, 6) is 0.427. The molecule has 0 aliphatic heterocycles. The molecule has 0 bridgehead atoms. The van der Waals surface area contributed by atoms with E-state index < -0.39 is 0 Å². The summed E-state index contributed by atoms with van der Waals surface area (Å²) < 4.78 is 5.47. The van der Waals surface area contributed by atoms with Crippen LogP contribution in [-0.2, 0) is 27.0 Å². The van der Waals surface area contributed by atoms with E-state index in [0.29, 0.717) is 18.9 Å². The lowest BCUT2D eigenvalue weighted by atomic mass is 9.79. The van der Waals surface area contributed by atoms with Crippen molar-refractivity contribution in [1.29, 1.82) is 0 Å². The Morgan fingerprint density at radius 1 is 0.957 bits per heavy atom. The molecule has 0 amide bonds. The quantitative estimate of drug-likeness (QED) is 0.645. The first-order valence-electron chi connectivity index (χ1n) is 8.70. The van der Waals surface area contributed by atoms with Crippen LogP contribution in [0.3, 0.4) is 0 Å². The Morgan fingerprint density at radius 3 is 1.83 bits per heavy atom. The molecule has 0 aromatic heterocycles. The lowest BCUT2D eigenvalue weighted by Gasteiger charge is -2.26. The molecule has 1 aromatic rings. The van der Waals surface area contributed by atoms with E-state index >= 15 is 0 Å². The third-order valence-corrected chi connectivity index (χ3v) is 4.05. The molecular formula is C21H34O2. The van der Waals surface area contributed by atoms with Crippen LogP contribution in [0.1, 0.15) is 84.9 Å². The monoisotopic (exact) mass is 318 g/mol. The van der Waals surface area contributed by atoms with Crippen LogP contribution >= 0.6 is 0 Å².